The molecule has 1 aliphatic rings. The molecule has 2 aromatic rings. The molecule has 3 rings (SSSR count). The second-order valence-electron chi connectivity index (χ2n) is 7.85. The molecule has 1 atom stereocenters. The number of pyridine rings is 1. The summed E-state index contributed by atoms with van der Waals surface area (Å²) in [5.41, 5.74) is 1.96. The molecule has 2 amide bonds. The molecule has 0 aliphatic carbocycles. The zero-order chi connectivity index (χ0) is 22.9. The van der Waals surface area contributed by atoms with Gasteiger partial charge in [0.25, 0.3) is 5.91 Å². The molecule has 0 spiro atoms. The number of ether oxygens (including phenoxy) is 2. The number of amides is 2. The summed E-state index contributed by atoms with van der Waals surface area (Å²) < 4.78 is 12.2. The van der Waals surface area contributed by atoms with Crippen molar-refractivity contribution in [3.63, 3.8) is 0 Å². The predicted octanol–water partition coefficient (Wildman–Crippen LogP) is 3.86. The molecular weight excluding hydrogens is 521 g/mol. The fraction of sp³-hybridized carbons (Fsp3) is 0.458. The van der Waals surface area contributed by atoms with E-state index < -0.39 is 6.04 Å². The number of aryl methyl sites for hydroxylation is 1. The van der Waals surface area contributed by atoms with Crippen LogP contribution in [0.25, 0.3) is 0 Å². The lowest BCUT2D eigenvalue weighted by molar-refractivity contribution is -0.142. The first kappa shape index (κ1) is 24.3. The highest BCUT2D eigenvalue weighted by Gasteiger charge is 2.31. The van der Waals surface area contributed by atoms with Gasteiger partial charge in [0.1, 0.15) is 15.5 Å². The Hall–Kier alpha value is -2.36. The monoisotopic (exact) mass is 551 g/mol. The van der Waals surface area contributed by atoms with Crippen LogP contribution in [0.3, 0.4) is 0 Å². The highest BCUT2D eigenvalue weighted by Crippen LogP contribution is 2.23. The number of rotatable bonds is 9. The van der Waals surface area contributed by atoms with Crippen LogP contribution in [0.15, 0.2) is 36.5 Å². The number of benzene rings is 1. The van der Waals surface area contributed by atoms with Crippen LogP contribution in [0.1, 0.15) is 43.7 Å². The SMILES string of the molecule is CCCOc1ccc(CN(C(=O)COc2cccnc2I)C2CCCCNC2=O)cc1C. The van der Waals surface area contributed by atoms with E-state index in [2.05, 4.69) is 39.8 Å². The Kier molecular flexibility index (Phi) is 9.13. The third kappa shape index (κ3) is 6.57. The Morgan fingerprint density at radius 3 is 2.84 bits per heavy atom. The molecule has 0 bridgehead atoms. The van der Waals surface area contributed by atoms with Crippen LogP contribution in [0, 0.1) is 10.6 Å². The molecule has 7 nitrogen and oxygen atoms in total. The minimum absolute atomic E-state index is 0.105. The lowest BCUT2D eigenvalue weighted by Crippen LogP contribution is -2.49. The third-order valence-corrected chi connectivity index (χ3v) is 6.14. The number of nitrogens with zero attached hydrogens (tertiary/aromatic N) is 2. The highest BCUT2D eigenvalue weighted by atomic mass is 127. The highest BCUT2D eigenvalue weighted by molar-refractivity contribution is 14.1. The zero-order valence-corrected chi connectivity index (χ0v) is 20.8. The van der Waals surface area contributed by atoms with Gasteiger partial charge in [0.15, 0.2) is 12.4 Å². The van der Waals surface area contributed by atoms with Crippen molar-refractivity contribution in [1.29, 1.82) is 0 Å². The Morgan fingerprint density at radius 1 is 1.25 bits per heavy atom. The number of carbonyl (C=O) groups excluding carboxylic acids is 2. The normalized spacial score (nSPS) is 16.1. The average molecular weight is 551 g/mol. The Bertz CT molecular complexity index is 937. The standard InChI is InChI=1S/C24H30IN3O4/c1-3-13-31-20-10-9-18(14-17(20)2)15-28(19-7-4-5-11-27-24(19)30)22(29)16-32-21-8-6-12-26-23(21)25/h6,8-10,12,14,19H,3-5,7,11,13,15-16H2,1-2H3,(H,27,30). The second-order valence-corrected chi connectivity index (χ2v) is 8.88. The number of nitrogens with one attached hydrogen (secondary N) is 1. The number of hydrogen-bond donors (Lipinski definition) is 1. The molecule has 0 saturated carbocycles. The molecule has 32 heavy (non-hydrogen) atoms. The second kappa shape index (κ2) is 12.0. The topological polar surface area (TPSA) is 80.8 Å². The van der Waals surface area contributed by atoms with E-state index in [1.807, 2.05) is 25.1 Å². The minimum Gasteiger partial charge on any atom is -0.493 e. The van der Waals surface area contributed by atoms with E-state index in [0.717, 1.165) is 36.1 Å². The molecule has 1 aromatic carbocycles. The number of hydrogen-bond acceptors (Lipinski definition) is 5. The molecule has 8 heteroatoms. The van der Waals surface area contributed by atoms with Crippen LogP contribution in [-0.2, 0) is 16.1 Å². The summed E-state index contributed by atoms with van der Waals surface area (Å²) in [4.78, 5) is 31.8. The first-order valence-corrected chi connectivity index (χ1v) is 12.1. The van der Waals surface area contributed by atoms with Crippen molar-refractivity contribution in [3.8, 4) is 11.5 Å². The molecule has 1 aliphatic heterocycles. The van der Waals surface area contributed by atoms with Gasteiger partial charge < -0.3 is 19.7 Å². The Morgan fingerprint density at radius 2 is 2.09 bits per heavy atom. The van der Waals surface area contributed by atoms with Crippen LogP contribution in [-0.4, -0.2) is 47.5 Å². The smallest absolute Gasteiger partial charge is 0.261 e. The van der Waals surface area contributed by atoms with Gasteiger partial charge in [-0.05, 0) is 84.5 Å². The summed E-state index contributed by atoms with van der Waals surface area (Å²) in [6.45, 7) is 5.55. The van der Waals surface area contributed by atoms with E-state index in [0.29, 0.717) is 35.6 Å². The summed E-state index contributed by atoms with van der Waals surface area (Å²) >= 11 is 2.07. The van der Waals surface area contributed by atoms with Gasteiger partial charge in [0.05, 0.1) is 6.61 Å². The van der Waals surface area contributed by atoms with E-state index in [1.165, 1.54) is 0 Å². The van der Waals surface area contributed by atoms with E-state index in [4.69, 9.17) is 9.47 Å². The third-order valence-electron chi connectivity index (χ3n) is 5.33. The van der Waals surface area contributed by atoms with E-state index >= 15 is 0 Å². The number of halogens is 1. The van der Waals surface area contributed by atoms with Crippen molar-refractivity contribution in [2.45, 2.75) is 52.1 Å². The summed E-state index contributed by atoms with van der Waals surface area (Å²) in [6.07, 6.45) is 5.05. The van der Waals surface area contributed by atoms with Gasteiger partial charge >= 0.3 is 0 Å². The van der Waals surface area contributed by atoms with Gasteiger partial charge in [0.2, 0.25) is 5.91 Å². The molecule has 0 radical (unpaired) electrons. The summed E-state index contributed by atoms with van der Waals surface area (Å²) in [5, 5.41) is 2.94. The van der Waals surface area contributed by atoms with Crippen molar-refractivity contribution in [2.75, 3.05) is 19.8 Å². The van der Waals surface area contributed by atoms with E-state index in [1.54, 1.807) is 23.2 Å². The lowest BCUT2D eigenvalue weighted by Gasteiger charge is -2.30. The van der Waals surface area contributed by atoms with Gasteiger partial charge in [0, 0.05) is 19.3 Å². The van der Waals surface area contributed by atoms with Crippen LogP contribution >= 0.6 is 22.6 Å². The number of carbonyl (C=O) groups is 2. The van der Waals surface area contributed by atoms with Gasteiger partial charge in [-0.2, -0.15) is 0 Å². The summed E-state index contributed by atoms with van der Waals surface area (Å²) in [6, 6.07) is 8.94. The van der Waals surface area contributed by atoms with Gasteiger partial charge in [-0.3, -0.25) is 9.59 Å². The van der Waals surface area contributed by atoms with Crippen molar-refractivity contribution < 1.29 is 19.1 Å². The van der Waals surface area contributed by atoms with Gasteiger partial charge in [-0.25, -0.2) is 4.98 Å². The van der Waals surface area contributed by atoms with Crippen LogP contribution in [0.2, 0.25) is 0 Å². The summed E-state index contributed by atoms with van der Waals surface area (Å²) in [5.74, 6) is 1.07. The molecule has 1 fully saturated rings. The van der Waals surface area contributed by atoms with Crippen molar-refractivity contribution in [1.82, 2.24) is 15.2 Å². The first-order chi connectivity index (χ1) is 15.5. The quantitative estimate of drug-likeness (QED) is 0.378. The summed E-state index contributed by atoms with van der Waals surface area (Å²) in [7, 11) is 0. The minimum atomic E-state index is -0.516. The molecule has 1 saturated heterocycles. The van der Waals surface area contributed by atoms with Gasteiger partial charge in [-0.15, -0.1) is 0 Å². The fourth-order valence-electron chi connectivity index (χ4n) is 3.67. The van der Waals surface area contributed by atoms with Crippen molar-refractivity contribution in [3.05, 3.63) is 51.4 Å². The van der Waals surface area contributed by atoms with E-state index in [9.17, 15) is 9.59 Å². The van der Waals surface area contributed by atoms with Gasteiger partial charge in [-0.1, -0.05) is 19.1 Å². The van der Waals surface area contributed by atoms with E-state index in [-0.39, 0.29) is 18.4 Å². The molecule has 172 valence electrons. The maximum Gasteiger partial charge on any atom is 0.261 e. The first-order valence-electron chi connectivity index (χ1n) is 11.0. The molecular formula is C24H30IN3O4. The predicted molar refractivity (Wildman–Crippen MR) is 131 cm³/mol. The van der Waals surface area contributed by atoms with Crippen LogP contribution in [0.4, 0.5) is 0 Å². The number of aromatic nitrogens is 1. The lowest BCUT2D eigenvalue weighted by atomic mass is 10.1. The maximum absolute atomic E-state index is 13.3. The largest absolute Gasteiger partial charge is 0.493 e. The van der Waals surface area contributed by atoms with Crippen molar-refractivity contribution in [2.24, 2.45) is 0 Å². The van der Waals surface area contributed by atoms with Crippen LogP contribution < -0.4 is 14.8 Å². The molecule has 1 unspecified atom stereocenters. The Balaban J connectivity index is 1.78. The maximum atomic E-state index is 13.3. The van der Waals surface area contributed by atoms with Crippen molar-refractivity contribution >= 4 is 34.4 Å². The fourth-order valence-corrected chi connectivity index (χ4v) is 4.17. The molecule has 1 N–H and O–H groups in total. The molecule has 1 aromatic heterocycles. The Labute approximate surface area is 203 Å². The average Bonchev–Trinajstić information content (AvgIpc) is 3.00. The zero-order valence-electron chi connectivity index (χ0n) is 18.6. The molecule has 2 heterocycles. The van der Waals surface area contributed by atoms with Crippen LogP contribution in [0.5, 0.6) is 11.5 Å².